The molecule has 2 unspecified atom stereocenters. The second kappa shape index (κ2) is 11.0. The average molecular weight is 605 g/mol. The molecule has 42 heavy (non-hydrogen) atoms. The molecule has 4 aromatic rings. The Labute approximate surface area is 246 Å². The van der Waals surface area contributed by atoms with Crippen LogP contribution in [0.25, 0.3) is 5.76 Å². The minimum atomic E-state index is -1.20. The number of ether oxygens (including phenoxy) is 1. The van der Waals surface area contributed by atoms with Crippen LogP contribution in [0.1, 0.15) is 35.2 Å². The molecule has 2 atom stereocenters. The van der Waals surface area contributed by atoms with Crippen molar-refractivity contribution in [2.45, 2.75) is 35.6 Å². The topological polar surface area (TPSA) is 136 Å². The summed E-state index contributed by atoms with van der Waals surface area (Å²) < 4.78 is 19.5. The van der Waals surface area contributed by atoms with Crippen LogP contribution in [0.2, 0.25) is 0 Å². The number of aromatic nitrogens is 2. The zero-order valence-electron chi connectivity index (χ0n) is 21.9. The van der Waals surface area contributed by atoms with Gasteiger partial charge in [0.15, 0.2) is 4.34 Å². The smallest absolute Gasteiger partial charge is 0.301 e. The first-order valence-corrected chi connectivity index (χ1v) is 14.6. The predicted molar refractivity (Wildman–Crippen MR) is 154 cm³/mol. The summed E-state index contributed by atoms with van der Waals surface area (Å²) >= 11 is 2.38. The number of carbonyl (C=O) groups is 2. The number of anilines is 1. The monoisotopic (exact) mass is 604 g/mol. The van der Waals surface area contributed by atoms with Crippen LogP contribution >= 0.6 is 23.1 Å². The van der Waals surface area contributed by atoms with Gasteiger partial charge in [-0.2, -0.15) is 0 Å². The van der Waals surface area contributed by atoms with Crippen LogP contribution in [0.3, 0.4) is 0 Å². The number of rotatable bonds is 7. The fourth-order valence-corrected chi connectivity index (χ4v) is 6.79. The Bertz CT molecular complexity index is 1770. The first-order chi connectivity index (χ1) is 20.2. The number of Topliss-reactive ketones (excluding diaryl/α,β-unsaturated/α-hetero) is 1. The van der Waals surface area contributed by atoms with Gasteiger partial charge >= 0.3 is 5.91 Å². The van der Waals surface area contributed by atoms with E-state index >= 15 is 0 Å². The lowest BCUT2D eigenvalue weighted by Crippen LogP contribution is -2.29. The third-order valence-corrected chi connectivity index (χ3v) is 9.02. The van der Waals surface area contributed by atoms with E-state index in [1.165, 1.54) is 42.1 Å². The summed E-state index contributed by atoms with van der Waals surface area (Å²) in [6, 6.07) is 15.4. The lowest BCUT2D eigenvalue weighted by Gasteiger charge is -2.22. The van der Waals surface area contributed by atoms with E-state index in [4.69, 9.17) is 4.74 Å². The predicted octanol–water partition coefficient (Wildman–Crippen LogP) is 5.83. The Hall–Kier alpha value is -4.62. The zero-order chi connectivity index (χ0) is 29.5. The van der Waals surface area contributed by atoms with Crippen molar-refractivity contribution in [2.75, 3.05) is 4.90 Å². The number of fused-ring (bicyclic) bond motifs is 1. The molecule has 1 fully saturated rings. The molecule has 6 rings (SSSR count). The Morgan fingerprint density at radius 2 is 1.95 bits per heavy atom. The molecule has 0 bridgehead atoms. The van der Waals surface area contributed by atoms with Crippen molar-refractivity contribution < 1.29 is 28.7 Å². The molecular formula is C29H21FN4O6S2. The highest BCUT2D eigenvalue weighted by Crippen LogP contribution is 2.45. The minimum Gasteiger partial charge on any atom is -0.507 e. The normalized spacial score (nSPS) is 19.1. The molecule has 2 aliphatic heterocycles. The first kappa shape index (κ1) is 27.5. The summed E-state index contributed by atoms with van der Waals surface area (Å²) in [6.07, 6.45) is 0.572. The number of nitro benzene ring substituents is 1. The molecule has 0 aliphatic carbocycles. The van der Waals surface area contributed by atoms with Gasteiger partial charge in [-0.05, 0) is 53.9 Å². The number of hydrogen-bond acceptors (Lipinski definition) is 10. The number of aliphatic hydroxyl groups is 1. The number of halogens is 1. The highest BCUT2D eigenvalue weighted by Gasteiger charge is 2.48. The van der Waals surface area contributed by atoms with Crippen LogP contribution in [0.4, 0.5) is 15.2 Å². The number of amides is 1. The second-order valence-electron chi connectivity index (χ2n) is 9.74. The standard InChI is InChI=1S/C29H21FN4O6S2/c1-15-11-19-12-18(7-10-22(19)40-15)25(35)23-24(17-3-2-4-21(13-17)34(38)39)33(27(37)26(23)36)28-31-32-29(42-28)41-14-16-5-8-20(30)9-6-16/h2-10,12-13,15,24,35H,11,14H2,1H3/b25-23+. The van der Waals surface area contributed by atoms with Gasteiger partial charge in [-0.3, -0.25) is 24.6 Å². The Morgan fingerprint density at radius 1 is 1.17 bits per heavy atom. The number of non-ortho nitro benzene ring substituents is 1. The maximum absolute atomic E-state index is 13.5. The number of carbonyl (C=O) groups excluding carboxylic acids is 2. The summed E-state index contributed by atoms with van der Waals surface area (Å²) in [5.74, 6) is -1.52. The van der Waals surface area contributed by atoms with Gasteiger partial charge in [0, 0.05) is 29.9 Å². The molecule has 13 heteroatoms. The molecule has 1 aromatic heterocycles. The van der Waals surface area contributed by atoms with Gasteiger partial charge < -0.3 is 9.84 Å². The second-order valence-corrected chi connectivity index (χ2v) is 11.9. The SMILES string of the molecule is CC1Cc2cc(/C(O)=C3\C(=O)C(=O)N(c4nnc(SCc5ccc(F)cc5)s4)C3c3cccc([N+](=O)[O-])c3)ccc2O1. The van der Waals surface area contributed by atoms with Crippen molar-refractivity contribution in [3.63, 3.8) is 0 Å². The molecule has 0 radical (unpaired) electrons. The van der Waals surface area contributed by atoms with Crippen molar-refractivity contribution in [3.8, 4) is 5.75 Å². The van der Waals surface area contributed by atoms with Gasteiger partial charge in [0.2, 0.25) is 5.13 Å². The summed E-state index contributed by atoms with van der Waals surface area (Å²) in [4.78, 5) is 39.1. The Balaban J connectivity index is 1.41. The largest absolute Gasteiger partial charge is 0.507 e. The lowest BCUT2D eigenvalue weighted by atomic mass is 9.94. The summed E-state index contributed by atoms with van der Waals surface area (Å²) in [6.45, 7) is 1.92. The van der Waals surface area contributed by atoms with Crippen molar-refractivity contribution >= 4 is 51.4 Å². The van der Waals surface area contributed by atoms with Gasteiger partial charge in [0.05, 0.1) is 16.5 Å². The number of thioether (sulfide) groups is 1. The number of benzene rings is 3. The molecule has 10 nitrogen and oxygen atoms in total. The quantitative estimate of drug-likeness (QED) is 0.0526. The van der Waals surface area contributed by atoms with Crippen LogP contribution < -0.4 is 9.64 Å². The van der Waals surface area contributed by atoms with Crippen LogP contribution in [-0.2, 0) is 21.8 Å². The number of aliphatic hydroxyl groups excluding tert-OH is 1. The van der Waals surface area contributed by atoms with Gasteiger partial charge in [-0.15, -0.1) is 10.2 Å². The Kier molecular flexibility index (Phi) is 7.21. The minimum absolute atomic E-state index is 0.0413. The third kappa shape index (κ3) is 5.12. The molecule has 3 aromatic carbocycles. The highest BCUT2D eigenvalue weighted by molar-refractivity contribution is 8.00. The third-order valence-electron chi connectivity index (χ3n) is 6.89. The highest BCUT2D eigenvalue weighted by atomic mass is 32.2. The van der Waals surface area contributed by atoms with Crippen LogP contribution in [0, 0.1) is 15.9 Å². The van der Waals surface area contributed by atoms with E-state index in [9.17, 15) is 29.2 Å². The van der Waals surface area contributed by atoms with E-state index < -0.39 is 28.4 Å². The van der Waals surface area contributed by atoms with Gasteiger partial charge in [0.25, 0.3) is 11.5 Å². The van der Waals surface area contributed by atoms with Crippen molar-refractivity contribution in [1.82, 2.24) is 10.2 Å². The average Bonchev–Trinajstić information content (AvgIpc) is 3.67. The van der Waals surface area contributed by atoms with Gasteiger partial charge in [-0.1, -0.05) is 47.4 Å². The van der Waals surface area contributed by atoms with E-state index in [-0.39, 0.29) is 33.9 Å². The summed E-state index contributed by atoms with van der Waals surface area (Å²) in [7, 11) is 0. The number of nitro groups is 1. The summed E-state index contributed by atoms with van der Waals surface area (Å²) in [5, 5.41) is 31.4. The van der Waals surface area contributed by atoms with E-state index in [1.54, 1.807) is 36.4 Å². The lowest BCUT2D eigenvalue weighted by molar-refractivity contribution is -0.384. The summed E-state index contributed by atoms with van der Waals surface area (Å²) in [5.41, 5.74) is 1.80. The fourth-order valence-electron chi connectivity index (χ4n) is 4.96. The van der Waals surface area contributed by atoms with Crippen molar-refractivity contribution in [1.29, 1.82) is 0 Å². The molecule has 1 saturated heterocycles. The molecular weight excluding hydrogens is 583 g/mol. The maximum atomic E-state index is 13.5. The van der Waals surface area contributed by atoms with E-state index in [2.05, 4.69) is 10.2 Å². The Morgan fingerprint density at radius 3 is 2.71 bits per heavy atom. The zero-order valence-corrected chi connectivity index (χ0v) is 23.5. The van der Waals surface area contributed by atoms with Crippen LogP contribution in [0.15, 0.2) is 76.6 Å². The number of ketones is 1. The molecule has 1 N–H and O–H groups in total. The molecule has 3 heterocycles. The molecule has 1 amide bonds. The van der Waals surface area contributed by atoms with E-state index in [1.807, 2.05) is 6.92 Å². The van der Waals surface area contributed by atoms with Gasteiger partial charge in [0.1, 0.15) is 23.4 Å². The van der Waals surface area contributed by atoms with Crippen LogP contribution in [-0.4, -0.2) is 38.0 Å². The molecule has 0 saturated carbocycles. The first-order valence-electron chi connectivity index (χ1n) is 12.8. The number of hydrogen-bond donors (Lipinski definition) is 1. The fraction of sp³-hybridized carbons (Fsp3) is 0.172. The molecule has 2 aliphatic rings. The van der Waals surface area contributed by atoms with Crippen molar-refractivity contribution in [2.24, 2.45) is 0 Å². The maximum Gasteiger partial charge on any atom is 0.301 e. The van der Waals surface area contributed by atoms with E-state index in [0.29, 0.717) is 27.8 Å². The van der Waals surface area contributed by atoms with Crippen LogP contribution in [0.5, 0.6) is 5.75 Å². The van der Waals surface area contributed by atoms with E-state index in [0.717, 1.165) is 27.4 Å². The molecule has 0 spiro atoms. The number of nitrogens with zero attached hydrogens (tertiary/aromatic N) is 4. The molecule has 212 valence electrons. The van der Waals surface area contributed by atoms with Gasteiger partial charge in [-0.25, -0.2) is 4.39 Å². The van der Waals surface area contributed by atoms with Crippen molar-refractivity contribution in [3.05, 3.63) is 110 Å².